The lowest BCUT2D eigenvalue weighted by Crippen LogP contribution is -2.24. The molecule has 0 radical (unpaired) electrons. The number of carboxylic acid groups (broad SMARTS) is 1. The largest absolute Gasteiger partial charge is 0.481 e. The van der Waals surface area contributed by atoms with Gasteiger partial charge in [-0.25, -0.2) is 0 Å². The van der Waals surface area contributed by atoms with E-state index in [1.807, 2.05) is 18.2 Å². The molecule has 0 aromatic heterocycles. The summed E-state index contributed by atoms with van der Waals surface area (Å²) in [5, 5.41) is 14.0. The van der Waals surface area contributed by atoms with Gasteiger partial charge in [-0.05, 0) is 36.5 Å². The zero-order valence-corrected chi connectivity index (χ0v) is 12.4. The number of fused-ring (bicyclic) bond motifs is 1. The third kappa shape index (κ3) is 4.87. The Morgan fingerprint density at radius 1 is 1.23 bits per heavy atom. The van der Waals surface area contributed by atoms with Gasteiger partial charge in [0.1, 0.15) is 0 Å². The molecule has 0 spiro atoms. The fraction of sp³-hybridized carbons (Fsp3) is 0.438. The molecule has 1 heterocycles. The molecule has 3 N–H and O–H groups in total. The standard InChI is InChI=1S/C16H20N2O4/c19-14(17-8-2-5-16(21)22)4-1-3-11-6-7-13-12(9-11)10-15(20)18-13/h6-7,9H,1-5,8,10H2,(H,17,19)(H,18,20)(H,21,22). The normalized spacial score (nSPS) is 12.6. The van der Waals surface area contributed by atoms with Gasteiger partial charge >= 0.3 is 5.97 Å². The van der Waals surface area contributed by atoms with E-state index < -0.39 is 5.97 Å². The van der Waals surface area contributed by atoms with Crippen LogP contribution in [-0.4, -0.2) is 29.4 Å². The van der Waals surface area contributed by atoms with Crippen LogP contribution in [0.1, 0.15) is 36.8 Å². The molecular formula is C16H20N2O4. The third-order valence-electron chi connectivity index (χ3n) is 3.55. The Balaban J connectivity index is 1.66. The molecule has 22 heavy (non-hydrogen) atoms. The molecule has 2 amide bonds. The average molecular weight is 304 g/mol. The van der Waals surface area contributed by atoms with Crippen molar-refractivity contribution < 1.29 is 19.5 Å². The van der Waals surface area contributed by atoms with Crippen molar-refractivity contribution >= 4 is 23.5 Å². The topological polar surface area (TPSA) is 95.5 Å². The lowest BCUT2D eigenvalue weighted by Gasteiger charge is -2.06. The highest BCUT2D eigenvalue weighted by Crippen LogP contribution is 2.24. The van der Waals surface area contributed by atoms with E-state index in [9.17, 15) is 14.4 Å². The van der Waals surface area contributed by atoms with Gasteiger partial charge < -0.3 is 15.7 Å². The Hall–Kier alpha value is -2.37. The Morgan fingerprint density at radius 3 is 2.82 bits per heavy atom. The van der Waals surface area contributed by atoms with Crippen molar-refractivity contribution in [1.29, 1.82) is 0 Å². The molecule has 118 valence electrons. The van der Waals surface area contributed by atoms with Crippen LogP contribution in [0.15, 0.2) is 18.2 Å². The number of carbonyl (C=O) groups is 3. The van der Waals surface area contributed by atoms with Crippen LogP contribution in [0.4, 0.5) is 5.69 Å². The second-order valence-electron chi connectivity index (χ2n) is 5.42. The van der Waals surface area contributed by atoms with Crippen LogP contribution < -0.4 is 10.6 Å². The predicted octanol–water partition coefficient (Wildman–Crippen LogP) is 1.48. The Labute approximate surface area is 128 Å². The highest BCUT2D eigenvalue weighted by atomic mass is 16.4. The number of amides is 2. The molecule has 0 saturated carbocycles. The molecule has 2 rings (SSSR count). The molecule has 0 unspecified atom stereocenters. The molecule has 0 bridgehead atoms. The van der Waals surface area contributed by atoms with Crippen molar-refractivity contribution in [3.05, 3.63) is 29.3 Å². The van der Waals surface area contributed by atoms with Crippen LogP contribution >= 0.6 is 0 Å². The third-order valence-corrected chi connectivity index (χ3v) is 3.55. The van der Waals surface area contributed by atoms with Gasteiger partial charge in [-0.1, -0.05) is 12.1 Å². The summed E-state index contributed by atoms with van der Waals surface area (Å²) in [6, 6.07) is 5.88. The van der Waals surface area contributed by atoms with Crippen LogP contribution in [0, 0.1) is 0 Å². The number of benzene rings is 1. The Kier molecular flexibility index (Phi) is 5.52. The molecule has 1 aromatic carbocycles. The van der Waals surface area contributed by atoms with Crippen LogP contribution in [0.2, 0.25) is 0 Å². The minimum absolute atomic E-state index is 0.0212. The van der Waals surface area contributed by atoms with E-state index in [-0.39, 0.29) is 18.2 Å². The minimum atomic E-state index is -0.848. The van der Waals surface area contributed by atoms with Crippen LogP contribution in [0.25, 0.3) is 0 Å². The van der Waals surface area contributed by atoms with Gasteiger partial charge in [0.05, 0.1) is 6.42 Å². The maximum atomic E-state index is 11.6. The molecule has 6 nitrogen and oxygen atoms in total. The smallest absolute Gasteiger partial charge is 0.303 e. The summed E-state index contributed by atoms with van der Waals surface area (Å²) in [4.78, 5) is 33.2. The molecule has 0 saturated heterocycles. The SMILES string of the molecule is O=C(O)CCCNC(=O)CCCc1ccc2c(c1)CC(=O)N2. The summed E-state index contributed by atoms with van der Waals surface area (Å²) >= 11 is 0. The second kappa shape index (κ2) is 7.59. The first-order valence-electron chi connectivity index (χ1n) is 7.45. The number of nitrogens with one attached hydrogen (secondary N) is 2. The molecule has 0 fully saturated rings. The number of carbonyl (C=O) groups excluding carboxylic acids is 2. The van der Waals surface area contributed by atoms with Gasteiger partial charge in [-0.3, -0.25) is 14.4 Å². The van der Waals surface area contributed by atoms with Crippen molar-refractivity contribution in [1.82, 2.24) is 5.32 Å². The highest BCUT2D eigenvalue weighted by molar-refractivity contribution is 5.99. The zero-order valence-electron chi connectivity index (χ0n) is 12.4. The van der Waals surface area contributed by atoms with Crippen LogP contribution in [0.3, 0.4) is 0 Å². The molecule has 0 aliphatic carbocycles. The molecule has 6 heteroatoms. The lowest BCUT2D eigenvalue weighted by molar-refractivity contribution is -0.137. The van der Waals surface area contributed by atoms with Crippen molar-refractivity contribution in [3.63, 3.8) is 0 Å². The second-order valence-corrected chi connectivity index (χ2v) is 5.42. The number of carboxylic acids is 1. The fourth-order valence-corrected chi connectivity index (χ4v) is 2.45. The maximum absolute atomic E-state index is 11.6. The number of aryl methyl sites for hydroxylation is 1. The summed E-state index contributed by atoms with van der Waals surface area (Å²) < 4.78 is 0. The predicted molar refractivity (Wildman–Crippen MR) is 81.6 cm³/mol. The van der Waals surface area contributed by atoms with Gasteiger partial charge in [-0.2, -0.15) is 0 Å². The number of hydrogen-bond acceptors (Lipinski definition) is 3. The van der Waals surface area contributed by atoms with E-state index >= 15 is 0 Å². The van der Waals surface area contributed by atoms with Gasteiger partial charge in [0.2, 0.25) is 11.8 Å². The molecular weight excluding hydrogens is 284 g/mol. The average Bonchev–Trinajstić information content (AvgIpc) is 2.83. The van der Waals surface area contributed by atoms with Crippen molar-refractivity contribution in [3.8, 4) is 0 Å². The number of aliphatic carboxylic acids is 1. The van der Waals surface area contributed by atoms with E-state index in [0.29, 0.717) is 25.8 Å². The van der Waals surface area contributed by atoms with Gasteiger partial charge in [0.15, 0.2) is 0 Å². The summed E-state index contributed by atoms with van der Waals surface area (Å²) in [6.45, 7) is 0.401. The number of rotatable bonds is 8. The van der Waals surface area contributed by atoms with E-state index in [0.717, 1.165) is 29.7 Å². The Morgan fingerprint density at radius 2 is 2.05 bits per heavy atom. The Bertz CT molecular complexity index is 584. The summed E-state index contributed by atoms with van der Waals surface area (Å²) in [5.74, 6) is -0.880. The van der Waals surface area contributed by atoms with Crippen molar-refractivity contribution in [2.75, 3.05) is 11.9 Å². The van der Waals surface area contributed by atoms with E-state index in [1.165, 1.54) is 0 Å². The molecule has 1 aromatic rings. The first-order valence-corrected chi connectivity index (χ1v) is 7.45. The zero-order chi connectivity index (χ0) is 15.9. The first kappa shape index (κ1) is 16.0. The molecule has 0 atom stereocenters. The van der Waals surface area contributed by atoms with Gasteiger partial charge in [-0.15, -0.1) is 0 Å². The molecule has 1 aliphatic heterocycles. The van der Waals surface area contributed by atoms with Crippen LogP contribution in [0.5, 0.6) is 0 Å². The van der Waals surface area contributed by atoms with Gasteiger partial charge in [0, 0.05) is 25.1 Å². The monoisotopic (exact) mass is 304 g/mol. The number of anilines is 1. The van der Waals surface area contributed by atoms with Gasteiger partial charge in [0.25, 0.3) is 0 Å². The van der Waals surface area contributed by atoms with Crippen LogP contribution in [-0.2, 0) is 27.2 Å². The maximum Gasteiger partial charge on any atom is 0.303 e. The minimum Gasteiger partial charge on any atom is -0.481 e. The van der Waals surface area contributed by atoms with E-state index in [2.05, 4.69) is 10.6 Å². The summed E-state index contributed by atoms with van der Waals surface area (Å²) in [7, 11) is 0. The first-order chi connectivity index (χ1) is 10.5. The number of hydrogen-bond donors (Lipinski definition) is 3. The lowest BCUT2D eigenvalue weighted by atomic mass is 10.0. The summed E-state index contributed by atoms with van der Waals surface area (Å²) in [5.41, 5.74) is 3.01. The summed E-state index contributed by atoms with van der Waals surface area (Å²) in [6.07, 6.45) is 2.87. The van der Waals surface area contributed by atoms with Crippen molar-refractivity contribution in [2.45, 2.75) is 38.5 Å². The van der Waals surface area contributed by atoms with Crippen molar-refractivity contribution in [2.24, 2.45) is 0 Å². The fourth-order valence-electron chi connectivity index (χ4n) is 2.45. The van der Waals surface area contributed by atoms with E-state index in [4.69, 9.17) is 5.11 Å². The molecule has 1 aliphatic rings. The van der Waals surface area contributed by atoms with E-state index in [1.54, 1.807) is 0 Å². The quantitative estimate of drug-likeness (QED) is 0.634. The highest BCUT2D eigenvalue weighted by Gasteiger charge is 2.17.